The number of aryl methyl sites for hydroxylation is 1. The zero-order valence-corrected chi connectivity index (χ0v) is 9.88. The van der Waals surface area contributed by atoms with Gasteiger partial charge in [0, 0.05) is 0 Å². The van der Waals surface area contributed by atoms with Gasteiger partial charge in [0.25, 0.3) is 0 Å². The van der Waals surface area contributed by atoms with Crippen LogP contribution in [0.3, 0.4) is 0 Å². The number of allylic oxidation sites excluding steroid dienone is 1. The molecule has 14 heavy (non-hydrogen) atoms. The van der Waals surface area contributed by atoms with E-state index in [2.05, 4.69) is 51.6 Å². The SMILES string of the molecule is C=CC.CCc1ccc(C(C)C)cc1. The first kappa shape index (κ1) is 13.0. The van der Waals surface area contributed by atoms with Gasteiger partial charge in [-0.1, -0.05) is 51.1 Å². The Morgan fingerprint density at radius 3 is 1.93 bits per heavy atom. The highest BCUT2D eigenvalue weighted by Gasteiger charge is 1.96. The molecule has 0 fully saturated rings. The first-order valence-electron chi connectivity index (χ1n) is 5.31. The molecular formula is C14H22. The van der Waals surface area contributed by atoms with Gasteiger partial charge in [-0.15, -0.1) is 6.58 Å². The van der Waals surface area contributed by atoms with E-state index < -0.39 is 0 Å². The van der Waals surface area contributed by atoms with Gasteiger partial charge in [0.15, 0.2) is 0 Å². The molecule has 0 bridgehead atoms. The third-order valence-electron chi connectivity index (χ3n) is 2.05. The second-order valence-corrected chi connectivity index (χ2v) is 3.66. The van der Waals surface area contributed by atoms with Crippen LogP contribution >= 0.6 is 0 Å². The minimum atomic E-state index is 0.654. The summed E-state index contributed by atoms with van der Waals surface area (Å²) in [6.07, 6.45) is 2.89. The maximum atomic E-state index is 3.36. The summed E-state index contributed by atoms with van der Waals surface area (Å²) in [6.45, 7) is 11.9. The molecule has 0 nitrogen and oxygen atoms in total. The highest BCUT2D eigenvalue weighted by Crippen LogP contribution is 2.14. The van der Waals surface area contributed by atoms with Crippen molar-refractivity contribution >= 4 is 0 Å². The normalized spacial score (nSPS) is 9.21. The average Bonchev–Trinajstić information content (AvgIpc) is 2.19. The van der Waals surface area contributed by atoms with Gasteiger partial charge in [0.05, 0.1) is 0 Å². The smallest absolute Gasteiger partial charge is 0.0219 e. The summed E-state index contributed by atoms with van der Waals surface area (Å²) in [7, 11) is 0. The fourth-order valence-corrected chi connectivity index (χ4v) is 1.14. The highest BCUT2D eigenvalue weighted by molar-refractivity contribution is 5.24. The van der Waals surface area contributed by atoms with E-state index in [-0.39, 0.29) is 0 Å². The molecule has 1 aromatic carbocycles. The lowest BCUT2D eigenvalue weighted by atomic mass is 10.0. The summed E-state index contributed by atoms with van der Waals surface area (Å²) < 4.78 is 0. The van der Waals surface area contributed by atoms with E-state index in [1.165, 1.54) is 11.1 Å². The van der Waals surface area contributed by atoms with Crippen molar-refractivity contribution in [2.75, 3.05) is 0 Å². The molecule has 1 rings (SSSR count). The maximum Gasteiger partial charge on any atom is -0.0219 e. The summed E-state index contributed by atoms with van der Waals surface area (Å²) in [5.41, 5.74) is 2.86. The molecule has 0 saturated carbocycles. The van der Waals surface area contributed by atoms with Crippen LogP contribution in [0.25, 0.3) is 0 Å². The molecule has 0 amide bonds. The molecule has 0 aliphatic carbocycles. The number of benzene rings is 1. The predicted molar refractivity (Wildman–Crippen MR) is 65.8 cm³/mol. The molecule has 0 aromatic heterocycles. The first-order valence-corrected chi connectivity index (χ1v) is 5.31. The Morgan fingerprint density at radius 1 is 1.21 bits per heavy atom. The van der Waals surface area contributed by atoms with Crippen molar-refractivity contribution in [2.45, 2.75) is 40.0 Å². The number of hydrogen-bond donors (Lipinski definition) is 0. The van der Waals surface area contributed by atoms with Crippen LogP contribution < -0.4 is 0 Å². The van der Waals surface area contributed by atoms with E-state index in [9.17, 15) is 0 Å². The minimum absolute atomic E-state index is 0.654. The van der Waals surface area contributed by atoms with Crippen LogP contribution in [0.4, 0.5) is 0 Å². The van der Waals surface area contributed by atoms with Crippen molar-refractivity contribution in [3.8, 4) is 0 Å². The molecule has 0 atom stereocenters. The molecule has 0 aliphatic heterocycles. The van der Waals surface area contributed by atoms with E-state index in [0.717, 1.165) is 6.42 Å². The summed E-state index contributed by atoms with van der Waals surface area (Å²) in [4.78, 5) is 0. The average molecular weight is 190 g/mol. The predicted octanol–water partition coefficient (Wildman–Crippen LogP) is 4.56. The summed E-state index contributed by atoms with van der Waals surface area (Å²) in [5.74, 6) is 0.654. The van der Waals surface area contributed by atoms with Gasteiger partial charge in [0.2, 0.25) is 0 Å². The topological polar surface area (TPSA) is 0 Å². The van der Waals surface area contributed by atoms with Crippen LogP contribution in [0, 0.1) is 0 Å². The second-order valence-electron chi connectivity index (χ2n) is 3.66. The summed E-state index contributed by atoms with van der Waals surface area (Å²) in [5, 5.41) is 0. The van der Waals surface area contributed by atoms with E-state index >= 15 is 0 Å². The van der Waals surface area contributed by atoms with Gasteiger partial charge in [-0.05, 0) is 30.4 Å². The lowest BCUT2D eigenvalue weighted by molar-refractivity contribution is 0.865. The molecule has 0 radical (unpaired) electrons. The Morgan fingerprint density at radius 2 is 1.64 bits per heavy atom. The lowest BCUT2D eigenvalue weighted by Gasteiger charge is -2.04. The van der Waals surface area contributed by atoms with Gasteiger partial charge in [0.1, 0.15) is 0 Å². The Kier molecular flexibility index (Phi) is 6.82. The molecular weight excluding hydrogens is 168 g/mol. The number of rotatable bonds is 2. The van der Waals surface area contributed by atoms with E-state index in [0.29, 0.717) is 5.92 Å². The summed E-state index contributed by atoms with van der Waals surface area (Å²) >= 11 is 0. The molecule has 0 heteroatoms. The quantitative estimate of drug-likeness (QED) is 0.599. The van der Waals surface area contributed by atoms with Crippen molar-refractivity contribution in [2.24, 2.45) is 0 Å². The van der Waals surface area contributed by atoms with Gasteiger partial charge in [-0.3, -0.25) is 0 Å². The molecule has 78 valence electrons. The lowest BCUT2D eigenvalue weighted by Crippen LogP contribution is -1.87. The van der Waals surface area contributed by atoms with Crippen molar-refractivity contribution in [1.82, 2.24) is 0 Å². The number of hydrogen-bond acceptors (Lipinski definition) is 0. The van der Waals surface area contributed by atoms with Crippen molar-refractivity contribution in [1.29, 1.82) is 0 Å². The van der Waals surface area contributed by atoms with Gasteiger partial charge in [-0.25, -0.2) is 0 Å². The van der Waals surface area contributed by atoms with E-state index in [1.54, 1.807) is 6.08 Å². The Bertz CT molecular complexity index is 241. The van der Waals surface area contributed by atoms with Crippen molar-refractivity contribution in [3.63, 3.8) is 0 Å². The van der Waals surface area contributed by atoms with Gasteiger partial charge < -0.3 is 0 Å². The van der Waals surface area contributed by atoms with Crippen molar-refractivity contribution < 1.29 is 0 Å². The minimum Gasteiger partial charge on any atom is -0.103 e. The standard InChI is InChI=1S/C11H16.C3H6/c1-4-10-5-7-11(8-6-10)9(2)3;1-3-2/h5-9H,4H2,1-3H3;3H,1H2,2H3. The van der Waals surface area contributed by atoms with Crippen LogP contribution in [-0.4, -0.2) is 0 Å². The fraction of sp³-hybridized carbons (Fsp3) is 0.429. The summed E-state index contributed by atoms with van der Waals surface area (Å²) in [6, 6.07) is 8.89. The van der Waals surface area contributed by atoms with Gasteiger partial charge >= 0.3 is 0 Å². The monoisotopic (exact) mass is 190 g/mol. The van der Waals surface area contributed by atoms with Crippen LogP contribution in [0.15, 0.2) is 36.9 Å². The molecule has 0 aliphatic rings. The van der Waals surface area contributed by atoms with E-state index in [1.807, 2.05) is 6.92 Å². The van der Waals surface area contributed by atoms with Crippen LogP contribution in [0.2, 0.25) is 0 Å². The van der Waals surface area contributed by atoms with E-state index in [4.69, 9.17) is 0 Å². The molecule has 0 unspecified atom stereocenters. The molecule has 0 N–H and O–H groups in total. The Labute approximate surface area is 88.7 Å². The second kappa shape index (κ2) is 7.37. The van der Waals surface area contributed by atoms with Crippen molar-refractivity contribution in [3.05, 3.63) is 48.0 Å². The van der Waals surface area contributed by atoms with Gasteiger partial charge in [-0.2, -0.15) is 0 Å². The third-order valence-corrected chi connectivity index (χ3v) is 2.05. The third kappa shape index (κ3) is 4.86. The largest absolute Gasteiger partial charge is 0.103 e. The Balaban J connectivity index is 0.000000500. The van der Waals surface area contributed by atoms with Crippen LogP contribution in [0.5, 0.6) is 0 Å². The molecule has 0 spiro atoms. The molecule has 1 aromatic rings. The maximum absolute atomic E-state index is 3.36. The fourth-order valence-electron chi connectivity index (χ4n) is 1.14. The Hall–Kier alpha value is -1.04. The zero-order chi connectivity index (χ0) is 11.0. The van der Waals surface area contributed by atoms with Crippen LogP contribution in [0.1, 0.15) is 44.7 Å². The highest BCUT2D eigenvalue weighted by atomic mass is 14.0. The zero-order valence-electron chi connectivity index (χ0n) is 9.88. The molecule has 0 saturated heterocycles. The first-order chi connectivity index (χ1) is 6.65. The molecule has 0 heterocycles. The van der Waals surface area contributed by atoms with Crippen LogP contribution in [-0.2, 0) is 6.42 Å².